The zero-order chi connectivity index (χ0) is 19.2. The summed E-state index contributed by atoms with van der Waals surface area (Å²) in [5.74, 6) is 0.476. The topological polar surface area (TPSA) is 80.2 Å². The highest BCUT2D eigenvalue weighted by molar-refractivity contribution is 5.94. The Morgan fingerprint density at radius 3 is 2.61 bits per heavy atom. The number of aromatic nitrogens is 3. The number of amides is 1. The maximum absolute atomic E-state index is 12.5. The van der Waals surface area contributed by atoms with Gasteiger partial charge in [-0.2, -0.15) is 0 Å². The molecule has 28 heavy (non-hydrogen) atoms. The molecule has 2 aromatic heterocycles. The van der Waals surface area contributed by atoms with Crippen molar-refractivity contribution in [3.63, 3.8) is 0 Å². The molecule has 0 radical (unpaired) electrons. The number of ether oxygens (including phenoxy) is 1. The lowest BCUT2D eigenvalue weighted by Crippen LogP contribution is -2.47. The maximum atomic E-state index is 12.5. The molecule has 3 aromatic rings. The number of benzene rings is 1. The van der Waals surface area contributed by atoms with Crippen LogP contribution in [0, 0.1) is 0 Å². The molecule has 1 N–H and O–H groups in total. The van der Waals surface area contributed by atoms with E-state index in [2.05, 4.69) is 25.2 Å². The van der Waals surface area contributed by atoms with Gasteiger partial charge in [0.05, 0.1) is 6.61 Å². The number of nitrogens with zero attached hydrogens (tertiary/aromatic N) is 4. The Bertz CT molecular complexity index is 903. The van der Waals surface area contributed by atoms with Gasteiger partial charge >= 0.3 is 0 Å². The molecule has 0 unspecified atom stereocenters. The van der Waals surface area contributed by atoms with Crippen molar-refractivity contribution in [2.45, 2.75) is 12.6 Å². The number of anilines is 1. The van der Waals surface area contributed by atoms with Gasteiger partial charge in [-0.1, -0.05) is 24.3 Å². The number of rotatable bonds is 5. The molecule has 7 heteroatoms. The summed E-state index contributed by atoms with van der Waals surface area (Å²) < 4.78 is 5.66. The molecule has 0 saturated carbocycles. The molecule has 142 valence electrons. The molecule has 0 aliphatic carbocycles. The first-order chi connectivity index (χ1) is 13.8. The van der Waals surface area contributed by atoms with Gasteiger partial charge in [0.2, 0.25) is 0 Å². The van der Waals surface area contributed by atoms with Crippen LogP contribution in [0.5, 0.6) is 0 Å². The molecule has 0 spiro atoms. The molecule has 1 aromatic carbocycles. The van der Waals surface area contributed by atoms with Gasteiger partial charge in [-0.3, -0.25) is 14.7 Å². The van der Waals surface area contributed by atoms with Crippen LogP contribution in [0.25, 0.3) is 11.5 Å². The first kappa shape index (κ1) is 18.2. The zero-order valence-electron chi connectivity index (χ0n) is 15.4. The highest BCUT2D eigenvalue weighted by Crippen LogP contribution is 2.14. The Labute approximate surface area is 163 Å². The van der Waals surface area contributed by atoms with Crippen LogP contribution in [0.2, 0.25) is 0 Å². The first-order valence-corrected chi connectivity index (χ1v) is 9.20. The number of hydrogen-bond acceptors (Lipinski definition) is 6. The average Bonchev–Trinajstić information content (AvgIpc) is 2.76. The van der Waals surface area contributed by atoms with E-state index in [1.807, 2.05) is 60.9 Å². The van der Waals surface area contributed by atoms with Crippen LogP contribution in [0.4, 0.5) is 5.69 Å². The molecule has 1 saturated heterocycles. The van der Waals surface area contributed by atoms with E-state index in [9.17, 15) is 4.79 Å². The van der Waals surface area contributed by atoms with E-state index in [4.69, 9.17) is 4.74 Å². The van der Waals surface area contributed by atoms with Crippen LogP contribution in [0.3, 0.4) is 0 Å². The van der Waals surface area contributed by atoms with Gasteiger partial charge in [-0.25, -0.2) is 9.97 Å². The van der Waals surface area contributed by atoms with E-state index in [1.165, 1.54) is 0 Å². The van der Waals surface area contributed by atoms with Crippen LogP contribution in [-0.4, -0.2) is 51.6 Å². The van der Waals surface area contributed by atoms with Crippen molar-refractivity contribution in [1.29, 1.82) is 0 Å². The van der Waals surface area contributed by atoms with Gasteiger partial charge in [0.25, 0.3) is 5.91 Å². The average molecular weight is 375 g/mol. The summed E-state index contributed by atoms with van der Waals surface area (Å²) in [6.07, 6.45) is 4.85. The summed E-state index contributed by atoms with van der Waals surface area (Å²) in [6, 6.07) is 15.1. The molecule has 4 rings (SSSR count). The normalized spacial score (nSPS) is 17.2. The van der Waals surface area contributed by atoms with Crippen LogP contribution < -0.4 is 5.32 Å². The van der Waals surface area contributed by atoms with Crippen molar-refractivity contribution < 1.29 is 9.53 Å². The Kier molecular flexibility index (Phi) is 5.65. The summed E-state index contributed by atoms with van der Waals surface area (Å²) in [5, 5.41) is 2.90. The third-order valence-electron chi connectivity index (χ3n) is 4.49. The van der Waals surface area contributed by atoms with Gasteiger partial charge < -0.3 is 10.1 Å². The van der Waals surface area contributed by atoms with Gasteiger partial charge in [-0.15, -0.1) is 0 Å². The van der Waals surface area contributed by atoms with Crippen molar-refractivity contribution in [3.8, 4) is 11.5 Å². The first-order valence-electron chi connectivity index (χ1n) is 9.20. The number of nitrogens with one attached hydrogen (secondary N) is 1. The molecule has 1 aliphatic heterocycles. The lowest BCUT2D eigenvalue weighted by Gasteiger charge is -2.32. The summed E-state index contributed by atoms with van der Waals surface area (Å²) in [6.45, 7) is 2.47. The lowest BCUT2D eigenvalue weighted by atomic mass is 10.2. The number of pyridine rings is 1. The number of para-hydroxylation sites is 1. The predicted molar refractivity (Wildman–Crippen MR) is 105 cm³/mol. The van der Waals surface area contributed by atoms with E-state index in [1.54, 1.807) is 6.20 Å². The molecular weight excluding hydrogens is 354 g/mol. The Morgan fingerprint density at radius 2 is 1.86 bits per heavy atom. The van der Waals surface area contributed by atoms with Crippen LogP contribution in [0.15, 0.2) is 67.1 Å². The number of carbonyl (C=O) groups is 1. The molecule has 7 nitrogen and oxygen atoms in total. The van der Waals surface area contributed by atoms with E-state index < -0.39 is 6.10 Å². The monoisotopic (exact) mass is 375 g/mol. The van der Waals surface area contributed by atoms with Gasteiger partial charge in [0.15, 0.2) is 5.82 Å². The number of hydrogen-bond donors (Lipinski definition) is 1. The molecule has 1 aliphatic rings. The molecule has 1 fully saturated rings. The van der Waals surface area contributed by atoms with Crippen LogP contribution in [-0.2, 0) is 16.1 Å². The van der Waals surface area contributed by atoms with Crippen molar-refractivity contribution >= 4 is 11.6 Å². The molecule has 3 heterocycles. The van der Waals surface area contributed by atoms with E-state index >= 15 is 0 Å². The van der Waals surface area contributed by atoms with Gasteiger partial charge in [0.1, 0.15) is 11.8 Å². The van der Waals surface area contributed by atoms with Crippen LogP contribution >= 0.6 is 0 Å². The third-order valence-corrected chi connectivity index (χ3v) is 4.49. The molecule has 1 amide bonds. The second-order valence-electron chi connectivity index (χ2n) is 6.58. The minimum absolute atomic E-state index is 0.127. The van der Waals surface area contributed by atoms with E-state index in [0.717, 1.165) is 23.5 Å². The minimum atomic E-state index is -0.498. The van der Waals surface area contributed by atoms with Crippen molar-refractivity contribution in [2.75, 3.05) is 25.0 Å². The molecule has 1 atom stereocenters. The van der Waals surface area contributed by atoms with E-state index in [0.29, 0.717) is 25.5 Å². The van der Waals surface area contributed by atoms with Crippen molar-refractivity contribution in [2.24, 2.45) is 0 Å². The zero-order valence-corrected chi connectivity index (χ0v) is 15.4. The second-order valence-corrected chi connectivity index (χ2v) is 6.58. The quantitative estimate of drug-likeness (QED) is 0.738. The predicted octanol–water partition coefficient (Wildman–Crippen LogP) is 2.38. The standard InChI is InChI=1S/C21H21N5O2/c27-21(25-17-6-2-1-3-7-17)19-15-26(10-11-28-19)14-16-12-23-20(24-13-16)18-8-4-5-9-22-18/h1-9,12-13,19H,10-11,14-15H2,(H,25,27)/t19-/m0/s1. The Hall–Kier alpha value is -3.16. The smallest absolute Gasteiger partial charge is 0.254 e. The molecule has 0 bridgehead atoms. The van der Waals surface area contributed by atoms with E-state index in [-0.39, 0.29) is 5.91 Å². The number of carbonyl (C=O) groups excluding carboxylic acids is 1. The van der Waals surface area contributed by atoms with Crippen molar-refractivity contribution in [1.82, 2.24) is 19.9 Å². The largest absolute Gasteiger partial charge is 0.366 e. The SMILES string of the molecule is O=C(Nc1ccccc1)[C@@H]1CN(Cc2cnc(-c3ccccn3)nc2)CCO1. The summed E-state index contributed by atoms with van der Waals surface area (Å²) in [7, 11) is 0. The second kappa shape index (κ2) is 8.69. The summed E-state index contributed by atoms with van der Waals surface area (Å²) >= 11 is 0. The minimum Gasteiger partial charge on any atom is -0.366 e. The third kappa shape index (κ3) is 4.57. The summed E-state index contributed by atoms with van der Waals surface area (Å²) in [5.41, 5.74) is 2.51. The van der Waals surface area contributed by atoms with Gasteiger partial charge in [0, 0.05) is 49.5 Å². The highest BCUT2D eigenvalue weighted by Gasteiger charge is 2.26. The number of morpholine rings is 1. The Morgan fingerprint density at radius 1 is 1.07 bits per heavy atom. The van der Waals surface area contributed by atoms with Gasteiger partial charge in [-0.05, 0) is 24.3 Å². The molecular formula is C21H21N5O2. The van der Waals surface area contributed by atoms with Crippen LogP contribution in [0.1, 0.15) is 5.56 Å². The lowest BCUT2D eigenvalue weighted by molar-refractivity contribution is -0.133. The highest BCUT2D eigenvalue weighted by atomic mass is 16.5. The fourth-order valence-corrected chi connectivity index (χ4v) is 3.07. The maximum Gasteiger partial charge on any atom is 0.254 e. The fraction of sp³-hybridized carbons (Fsp3) is 0.238. The van der Waals surface area contributed by atoms with Crippen molar-refractivity contribution in [3.05, 3.63) is 72.7 Å². The fourth-order valence-electron chi connectivity index (χ4n) is 3.07. The Balaban J connectivity index is 1.35. The summed E-state index contributed by atoms with van der Waals surface area (Å²) in [4.78, 5) is 27.7.